The smallest absolute Gasteiger partial charge is 0.221 e. The van der Waals surface area contributed by atoms with Crippen molar-refractivity contribution in [2.45, 2.75) is 37.6 Å². The molecule has 0 radical (unpaired) electrons. The number of nitrogens with two attached hydrogens (primary N) is 1. The zero-order chi connectivity index (χ0) is 12.9. The molecule has 0 aromatic rings. The van der Waals surface area contributed by atoms with Crippen molar-refractivity contribution in [3.05, 3.63) is 0 Å². The molecule has 1 rings (SSSR count). The molecule has 1 saturated carbocycles. The lowest BCUT2D eigenvalue weighted by Crippen LogP contribution is -2.43. The van der Waals surface area contributed by atoms with Crippen molar-refractivity contribution in [2.24, 2.45) is 5.73 Å². The highest BCUT2D eigenvalue weighted by molar-refractivity contribution is 7.88. The van der Waals surface area contributed by atoms with E-state index in [1.54, 1.807) is 0 Å². The van der Waals surface area contributed by atoms with Crippen LogP contribution in [0.25, 0.3) is 0 Å². The maximum Gasteiger partial charge on any atom is 0.221 e. The Bertz CT molecular complexity index is 361. The summed E-state index contributed by atoms with van der Waals surface area (Å²) in [6.07, 6.45) is 5.36. The van der Waals surface area contributed by atoms with E-state index < -0.39 is 10.0 Å². The Morgan fingerprint density at radius 1 is 1.29 bits per heavy atom. The fourth-order valence-electron chi connectivity index (χ4n) is 2.08. The zero-order valence-electron chi connectivity index (χ0n) is 10.2. The lowest BCUT2D eigenvalue weighted by Gasteiger charge is -2.22. The molecule has 1 aliphatic carbocycles. The summed E-state index contributed by atoms with van der Waals surface area (Å²) in [4.78, 5) is 11.6. The molecule has 0 spiro atoms. The van der Waals surface area contributed by atoms with Crippen molar-refractivity contribution in [3.63, 3.8) is 0 Å². The van der Waals surface area contributed by atoms with Crippen LogP contribution in [0.2, 0.25) is 0 Å². The number of carbonyl (C=O) groups is 1. The van der Waals surface area contributed by atoms with Crippen LogP contribution >= 0.6 is 0 Å². The fraction of sp³-hybridized carbons (Fsp3) is 0.900. The minimum atomic E-state index is -3.18. The first-order chi connectivity index (χ1) is 7.81. The zero-order valence-corrected chi connectivity index (χ0v) is 11.0. The van der Waals surface area contributed by atoms with Crippen LogP contribution in [0, 0.1) is 0 Å². The van der Waals surface area contributed by atoms with Gasteiger partial charge in [0.2, 0.25) is 15.9 Å². The van der Waals surface area contributed by atoms with Crippen LogP contribution in [0.5, 0.6) is 0 Å². The van der Waals surface area contributed by atoms with E-state index in [0.29, 0.717) is 13.0 Å². The second kappa shape index (κ2) is 5.79. The molecule has 0 aromatic carbocycles. The predicted octanol–water partition coefficient (Wildman–Crippen LogP) is -0.687. The van der Waals surface area contributed by atoms with E-state index in [0.717, 1.165) is 31.9 Å². The van der Waals surface area contributed by atoms with Crippen LogP contribution in [0.3, 0.4) is 0 Å². The molecular formula is C10H21N3O3S. The van der Waals surface area contributed by atoms with Gasteiger partial charge in [0.25, 0.3) is 0 Å². The summed E-state index contributed by atoms with van der Waals surface area (Å²) < 4.78 is 23.8. The molecule has 1 amide bonds. The maximum absolute atomic E-state index is 11.6. The Morgan fingerprint density at radius 3 is 2.41 bits per heavy atom. The summed E-state index contributed by atoms with van der Waals surface area (Å²) in [5.74, 6) is -0.107. The van der Waals surface area contributed by atoms with Crippen molar-refractivity contribution in [3.8, 4) is 0 Å². The molecule has 17 heavy (non-hydrogen) atoms. The molecule has 0 heterocycles. The minimum Gasteiger partial charge on any atom is -0.355 e. The summed E-state index contributed by atoms with van der Waals surface area (Å²) in [7, 11) is -3.18. The molecular weight excluding hydrogens is 242 g/mol. The minimum absolute atomic E-state index is 0.107. The monoisotopic (exact) mass is 263 g/mol. The molecule has 1 aliphatic rings. The summed E-state index contributed by atoms with van der Waals surface area (Å²) in [5.41, 5.74) is 5.71. The van der Waals surface area contributed by atoms with E-state index in [-0.39, 0.29) is 18.0 Å². The third-order valence-electron chi connectivity index (χ3n) is 2.92. The second-order valence-corrected chi connectivity index (χ2v) is 6.60. The normalized spacial score (nSPS) is 19.2. The lowest BCUT2D eigenvalue weighted by molar-refractivity contribution is -0.122. The first kappa shape index (κ1) is 14.4. The van der Waals surface area contributed by atoms with E-state index in [1.807, 2.05) is 0 Å². The van der Waals surface area contributed by atoms with E-state index in [4.69, 9.17) is 5.73 Å². The van der Waals surface area contributed by atoms with Crippen LogP contribution in [0.15, 0.2) is 0 Å². The van der Waals surface area contributed by atoms with Crippen molar-refractivity contribution in [1.82, 2.24) is 10.0 Å². The van der Waals surface area contributed by atoms with Crippen LogP contribution in [-0.2, 0) is 14.8 Å². The first-order valence-electron chi connectivity index (χ1n) is 5.81. The largest absolute Gasteiger partial charge is 0.355 e. The highest BCUT2D eigenvalue weighted by Gasteiger charge is 2.31. The lowest BCUT2D eigenvalue weighted by atomic mass is 9.94. The van der Waals surface area contributed by atoms with Gasteiger partial charge in [-0.05, 0) is 12.8 Å². The molecule has 0 saturated heterocycles. The van der Waals surface area contributed by atoms with Crippen LogP contribution in [0.4, 0.5) is 0 Å². The quantitative estimate of drug-likeness (QED) is 0.552. The molecule has 7 heteroatoms. The summed E-state index contributed by atoms with van der Waals surface area (Å²) in [5, 5.41) is 2.66. The predicted molar refractivity (Wildman–Crippen MR) is 65.9 cm³/mol. The van der Waals surface area contributed by atoms with Gasteiger partial charge in [0, 0.05) is 25.0 Å². The van der Waals surface area contributed by atoms with E-state index >= 15 is 0 Å². The molecule has 1 fully saturated rings. The number of hydrogen-bond donors (Lipinski definition) is 3. The summed E-state index contributed by atoms with van der Waals surface area (Å²) in [6.45, 7) is 0.504. The van der Waals surface area contributed by atoms with Gasteiger partial charge in [-0.1, -0.05) is 12.8 Å². The second-order valence-electron chi connectivity index (χ2n) is 4.76. The molecule has 0 aliphatic heterocycles. The summed E-state index contributed by atoms with van der Waals surface area (Å²) >= 11 is 0. The van der Waals surface area contributed by atoms with Crippen molar-refractivity contribution < 1.29 is 13.2 Å². The summed E-state index contributed by atoms with van der Waals surface area (Å²) in [6, 6.07) is 0. The molecule has 4 N–H and O–H groups in total. The topological polar surface area (TPSA) is 101 Å². The van der Waals surface area contributed by atoms with Crippen LogP contribution < -0.4 is 15.8 Å². The Morgan fingerprint density at radius 2 is 1.88 bits per heavy atom. The molecule has 100 valence electrons. The molecule has 6 nitrogen and oxygen atoms in total. The number of rotatable bonds is 6. The van der Waals surface area contributed by atoms with Gasteiger partial charge in [-0.3, -0.25) is 4.79 Å². The van der Waals surface area contributed by atoms with Gasteiger partial charge in [0.1, 0.15) is 0 Å². The standard InChI is InChI=1S/C10H21N3O3S/c1-17(15,16)13-7-6-12-9(14)8-10(11)4-2-3-5-10/h13H,2-8,11H2,1H3,(H,12,14). The average Bonchev–Trinajstić information content (AvgIpc) is 2.58. The highest BCUT2D eigenvalue weighted by atomic mass is 32.2. The van der Waals surface area contributed by atoms with Gasteiger partial charge in [-0.25, -0.2) is 13.1 Å². The van der Waals surface area contributed by atoms with Gasteiger partial charge in [0.15, 0.2) is 0 Å². The molecule has 0 bridgehead atoms. The number of sulfonamides is 1. The van der Waals surface area contributed by atoms with Gasteiger partial charge < -0.3 is 11.1 Å². The number of hydrogen-bond acceptors (Lipinski definition) is 4. The van der Waals surface area contributed by atoms with E-state index in [2.05, 4.69) is 10.0 Å². The van der Waals surface area contributed by atoms with Crippen LogP contribution in [-0.4, -0.2) is 39.2 Å². The van der Waals surface area contributed by atoms with Gasteiger partial charge in [-0.2, -0.15) is 0 Å². The Balaban J connectivity index is 2.17. The van der Waals surface area contributed by atoms with E-state index in [9.17, 15) is 13.2 Å². The van der Waals surface area contributed by atoms with Crippen molar-refractivity contribution >= 4 is 15.9 Å². The SMILES string of the molecule is CS(=O)(=O)NCCNC(=O)CC1(N)CCCC1. The van der Waals surface area contributed by atoms with Gasteiger partial charge >= 0.3 is 0 Å². The third-order valence-corrected chi connectivity index (χ3v) is 3.65. The maximum atomic E-state index is 11.6. The Labute approximate surface area is 102 Å². The van der Waals surface area contributed by atoms with Gasteiger partial charge in [-0.15, -0.1) is 0 Å². The molecule has 0 aromatic heterocycles. The van der Waals surface area contributed by atoms with Gasteiger partial charge in [0.05, 0.1) is 6.26 Å². The third kappa shape index (κ3) is 5.99. The van der Waals surface area contributed by atoms with E-state index in [1.165, 1.54) is 0 Å². The molecule has 0 unspecified atom stereocenters. The number of nitrogens with one attached hydrogen (secondary N) is 2. The fourth-order valence-corrected chi connectivity index (χ4v) is 2.55. The highest BCUT2D eigenvalue weighted by Crippen LogP contribution is 2.29. The molecule has 0 atom stereocenters. The number of carbonyl (C=O) groups excluding carboxylic acids is 1. The van der Waals surface area contributed by atoms with Crippen molar-refractivity contribution in [2.75, 3.05) is 19.3 Å². The number of amides is 1. The Kier molecular flexibility index (Phi) is 4.91. The average molecular weight is 263 g/mol. The first-order valence-corrected chi connectivity index (χ1v) is 7.70. The Hall–Kier alpha value is -0.660. The van der Waals surface area contributed by atoms with Crippen molar-refractivity contribution in [1.29, 1.82) is 0 Å². The van der Waals surface area contributed by atoms with Crippen LogP contribution in [0.1, 0.15) is 32.1 Å².